The van der Waals surface area contributed by atoms with E-state index in [4.69, 9.17) is 38.1 Å². The Morgan fingerprint density at radius 1 is 0.649 bits per heavy atom. The van der Waals surface area contributed by atoms with Crippen LogP contribution >= 0.6 is 0 Å². The minimum atomic E-state index is -2.69. The molecule has 0 saturated carbocycles. The third kappa shape index (κ3) is 32.1. The smallest absolute Gasteiger partial charge is 0.329 e. The van der Waals surface area contributed by atoms with Crippen LogP contribution in [-0.4, -0.2) is 267 Å². The van der Waals surface area contributed by atoms with Crippen molar-refractivity contribution in [3.63, 3.8) is 0 Å². The Hall–Kier alpha value is -8.76. The van der Waals surface area contributed by atoms with Gasteiger partial charge in [0, 0.05) is 51.9 Å². The molecule has 0 radical (unpaired) electrons. The summed E-state index contributed by atoms with van der Waals surface area (Å²) < 4.78 is 11.8. The molecule has 2 aliphatic rings. The van der Waals surface area contributed by atoms with E-state index in [-0.39, 0.29) is 102 Å². The van der Waals surface area contributed by atoms with Crippen molar-refractivity contribution in [1.29, 1.82) is 0 Å². The average Bonchev–Trinajstić information content (AvgIpc) is 0.803. The maximum absolute atomic E-state index is 15.6. The molecule has 22 atom stereocenters. The molecule has 14 amide bonds. The quantitative estimate of drug-likeness (QED) is 0.0258. The number of piperidine rings is 1. The highest BCUT2D eigenvalue weighted by Crippen LogP contribution is 2.29. The highest BCUT2D eigenvalue weighted by Gasteiger charge is 2.48. The first kappa shape index (κ1) is 101. The Bertz CT molecular complexity index is 3240. The number of aliphatic hydroxyl groups is 4. The molecule has 39 nitrogen and oxygen atoms in total. The van der Waals surface area contributed by atoms with E-state index in [9.17, 15) is 83.1 Å². The Morgan fingerprint density at radius 3 is 1.80 bits per heavy atom. The predicted octanol–water partition coefficient (Wildman–Crippen LogP) is -4.34. The molecule has 24 N–H and O–H groups in total. The average molecular weight is 1630 g/mol. The molecular weight excluding hydrogens is 1490 g/mol. The van der Waals surface area contributed by atoms with E-state index in [0.29, 0.717) is 6.42 Å². The number of esters is 1. The van der Waals surface area contributed by atoms with Crippen LogP contribution in [0.1, 0.15) is 192 Å². The number of cyclic esters (lactones) is 1. The topological polar surface area (TPSA) is 638 Å². The van der Waals surface area contributed by atoms with Gasteiger partial charge in [-0.25, -0.2) is 4.79 Å². The highest BCUT2D eigenvalue weighted by molar-refractivity contribution is 5.99. The molecule has 0 bridgehead atoms. The fourth-order valence-corrected chi connectivity index (χ4v) is 13.8. The summed E-state index contributed by atoms with van der Waals surface area (Å²) in [5.41, 5.74) is 28.6. The molecule has 0 aliphatic carbocycles. The molecule has 2 saturated heterocycles. The summed E-state index contributed by atoms with van der Waals surface area (Å²) in [7, 11) is 2.46. The van der Waals surface area contributed by atoms with Crippen molar-refractivity contribution >= 4 is 94.6 Å². The number of likely N-dealkylation sites (N-methyl/N-ethyl adjacent to an activating group) is 1. The molecule has 0 aromatic carbocycles. The number of aliphatic hydroxyl groups excluding tert-OH is 4. The van der Waals surface area contributed by atoms with E-state index >= 15 is 19.2 Å². The van der Waals surface area contributed by atoms with Gasteiger partial charge in [-0.2, -0.15) is 0 Å². The summed E-state index contributed by atoms with van der Waals surface area (Å²) in [6, 6.07) is -19.4. The molecule has 0 aromatic heterocycles. The van der Waals surface area contributed by atoms with Crippen LogP contribution in [-0.2, 0) is 86.2 Å². The van der Waals surface area contributed by atoms with Crippen LogP contribution in [0.3, 0.4) is 0 Å². The van der Waals surface area contributed by atoms with Gasteiger partial charge in [0.25, 0.3) is 5.91 Å². The van der Waals surface area contributed by atoms with Crippen molar-refractivity contribution < 1.29 is 112 Å². The van der Waals surface area contributed by atoms with Crippen LogP contribution in [0.4, 0.5) is 0 Å². The van der Waals surface area contributed by atoms with Crippen molar-refractivity contribution in [1.82, 2.24) is 57.7 Å². The minimum Gasteiger partial charge on any atom is -0.481 e. The van der Waals surface area contributed by atoms with Gasteiger partial charge in [-0.05, 0) is 126 Å². The lowest BCUT2D eigenvalue weighted by Crippen LogP contribution is -2.65. The number of hydrogen-bond acceptors (Lipinski definition) is 24. The van der Waals surface area contributed by atoms with Gasteiger partial charge in [0.05, 0.1) is 37.2 Å². The third-order valence-electron chi connectivity index (χ3n) is 21.5. The molecule has 114 heavy (non-hydrogen) atoms. The van der Waals surface area contributed by atoms with E-state index in [2.05, 4.69) is 47.9 Å². The minimum absolute atomic E-state index is 0.0308. The summed E-state index contributed by atoms with van der Waals surface area (Å²) in [6.45, 7) is 17.6. The summed E-state index contributed by atoms with van der Waals surface area (Å²) >= 11 is 0. The molecule has 2 aliphatic heterocycles. The second-order valence-corrected chi connectivity index (χ2v) is 31.4. The fourth-order valence-electron chi connectivity index (χ4n) is 13.8. The van der Waals surface area contributed by atoms with Crippen LogP contribution in [0.2, 0.25) is 0 Å². The van der Waals surface area contributed by atoms with Crippen molar-refractivity contribution in [2.24, 2.45) is 76.0 Å². The Kier molecular flexibility index (Phi) is 44.3. The van der Waals surface area contributed by atoms with Gasteiger partial charge in [-0.1, -0.05) is 89.0 Å². The van der Waals surface area contributed by atoms with Gasteiger partial charge in [-0.3, -0.25) is 71.9 Å². The number of ether oxygens (including phenoxy) is 2. The Labute approximate surface area is 667 Å². The number of amides is 14. The summed E-state index contributed by atoms with van der Waals surface area (Å²) in [5, 5.41) is 78.6. The number of rotatable bonds is 40. The van der Waals surface area contributed by atoms with Crippen molar-refractivity contribution in [2.45, 2.75) is 289 Å². The Balaban J connectivity index is 3.11. The monoisotopic (exact) mass is 1620 g/mol. The number of aliphatic carboxylic acids is 1. The molecule has 2 heterocycles. The number of carbonyl (C=O) groups excluding carboxylic acids is 15. The van der Waals surface area contributed by atoms with Crippen molar-refractivity contribution in [3.05, 3.63) is 0 Å². The number of nitrogens with two attached hydrogens (primary N) is 5. The van der Waals surface area contributed by atoms with Crippen LogP contribution in [0.25, 0.3) is 0 Å². The molecule has 2 rings (SSSR count). The van der Waals surface area contributed by atoms with Crippen LogP contribution < -0.4 is 76.5 Å². The van der Waals surface area contributed by atoms with E-state index in [1.54, 1.807) is 34.6 Å². The number of carboxylic acid groups (broad SMARTS) is 1. The van der Waals surface area contributed by atoms with Gasteiger partial charge >= 0.3 is 11.9 Å². The van der Waals surface area contributed by atoms with E-state index in [1.165, 1.54) is 48.8 Å². The van der Waals surface area contributed by atoms with E-state index in [0.717, 1.165) is 22.6 Å². The maximum Gasteiger partial charge on any atom is 0.329 e. The van der Waals surface area contributed by atoms with Crippen molar-refractivity contribution in [2.75, 3.05) is 40.4 Å². The fraction of sp³-hybridized carbons (Fsp3) is 0.787. The van der Waals surface area contributed by atoms with Gasteiger partial charge in [0.2, 0.25) is 76.8 Å². The number of carbonyl (C=O) groups is 16. The van der Waals surface area contributed by atoms with Gasteiger partial charge in [0.15, 0.2) is 6.10 Å². The van der Waals surface area contributed by atoms with Gasteiger partial charge in [-0.15, -0.1) is 0 Å². The number of methoxy groups -OCH3 is 1. The predicted molar refractivity (Wildman–Crippen MR) is 413 cm³/mol. The highest BCUT2D eigenvalue weighted by atomic mass is 16.5. The molecule has 39 heteroatoms. The normalized spacial score (nSPS) is 24.4. The van der Waals surface area contributed by atoms with Crippen LogP contribution in [0, 0.1) is 47.3 Å². The van der Waals surface area contributed by atoms with Crippen LogP contribution in [0.5, 0.6) is 0 Å². The number of carboxylic acids is 1. The first-order valence-electron chi connectivity index (χ1n) is 39.5. The maximum atomic E-state index is 15.6. The second kappa shape index (κ2) is 49.9. The number of primary amides is 3. The number of hydrogen-bond donors (Lipinski definition) is 19. The molecule has 650 valence electrons. The SMILES string of the molecule is CCCC(C)CC(C)C(O)C(C)C(=O)NC(CCCN)C(=O)NC(CCC(N)=O)C(O)C(O)C(=O)NC(C(=O)NC1C(=O)NC(CO)C(=O)NC(CCCN)C(=O)NC(CC(C)C)C(=O)N(C)C(CCC(N)=O)CC(=O)NC(C(C)OC)C(=O)NC(CC(=O)O)C(=O)N2CCCCC2C(=O)OC1C(C)C(C)C)C(C)C(C)C(N)=O. The number of nitrogens with one attached hydrogen (secondary N) is 9. The molecule has 0 aromatic rings. The third-order valence-corrected chi connectivity index (χ3v) is 21.5. The van der Waals surface area contributed by atoms with Gasteiger partial charge < -0.3 is 121 Å². The van der Waals surface area contributed by atoms with Crippen LogP contribution in [0.15, 0.2) is 0 Å². The van der Waals surface area contributed by atoms with E-state index < -0.39 is 253 Å². The lowest BCUT2D eigenvalue weighted by Gasteiger charge is -2.39. The molecule has 0 spiro atoms. The standard InChI is InChI=1S/C75H132N16O23/c1-15-20-38(6)32-39(7)60(98)43(11)65(102)82-47(21-18-28-76)66(103)81-46(25-27-54(79)94)61(99)62(100)72(109)88-57(41(9)42(10)64(80)101)69(106)89-59-63(40(8)37(4)5)114-75(112)52-23-16-17-30-91(52)74(111)50(34-56(96)97)85-70(107)58(44(12)113-14)87-55(95)33-45(24-26-53(78)93)90(13)73(110)49(31-36(2)3)84-67(104)48(22-19-29-77)83-68(105)51(35-92)86-71(59)108/h36-52,57-63,92,98-100H,15-35,76-77H2,1-14H3,(H2,78,93)(H2,79,94)(H2,80,101)(H,81,103)(H,82,102)(H,83,105)(H,84,104)(H,85,107)(H,86,108)(H,87,95)(H,88,109)(H,89,106)(H,96,97). The first-order valence-corrected chi connectivity index (χ1v) is 39.5. The molecular formula is C75H132N16O23. The lowest BCUT2D eigenvalue weighted by molar-refractivity contribution is -0.168. The Morgan fingerprint density at radius 2 is 1.25 bits per heavy atom. The zero-order valence-electron chi connectivity index (χ0n) is 68.6. The lowest BCUT2D eigenvalue weighted by atomic mass is 9.85. The molecule has 2 fully saturated rings. The number of nitrogens with zero attached hydrogens (tertiary/aromatic N) is 2. The van der Waals surface area contributed by atoms with Gasteiger partial charge in [0.1, 0.15) is 66.6 Å². The molecule has 22 unspecified atom stereocenters. The summed E-state index contributed by atoms with van der Waals surface area (Å²) in [5.74, 6) is -24.6. The summed E-state index contributed by atoms with van der Waals surface area (Å²) in [6.07, 6.45) is -10.7. The largest absolute Gasteiger partial charge is 0.481 e. The summed E-state index contributed by atoms with van der Waals surface area (Å²) in [4.78, 5) is 229. The zero-order chi connectivity index (χ0) is 86.9. The first-order chi connectivity index (χ1) is 53.3. The zero-order valence-corrected chi connectivity index (χ0v) is 68.6. The second-order valence-electron chi connectivity index (χ2n) is 31.4. The number of fused-ring (bicyclic) bond motifs is 1. The van der Waals surface area contributed by atoms with E-state index in [1.807, 2.05) is 13.8 Å². The van der Waals surface area contributed by atoms with Crippen molar-refractivity contribution in [3.8, 4) is 0 Å².